The molecule has 0 atom stereocenters. The summed E-state index contributed by atoms with van der Waals surface area (Å²) in [7, 11) is 0. The molecule has 0 saturated heterocycles. The van der Waals surface area contributed by atoms with Crippen LogP contribution in [0.2, 0.25) is 0 Å². The van der Waals surface area contributed by atoms with Crippen LogP contribution in [0.25, 0.3) is 10.8 Å². The van der Waals surface area contributed by atoms with Gasteiger partial charge in [-0.25, -0.2) is 4.79 Å². The fourth-order valence-electron chi connectivity index (χ4n) is 2.85. The average molecular weight is 433 g/mol. The molecule has 4 aromatic rings. The van der Waals surface area contributed by atoms with E-state index in [1.807, 2.05) is 60.7 Å². The standard InChI is InChI=1S/C24H17BrO3/c25-22-7-3-4-8-23(22)28-24(26)19-11-9-17(10-12-19)16-27-21-14-13-18-5-1-2-6-20(18)15-21/h1-15H,16H2. The second-order valence-corrected chi connectivity index (χ2v) is 7.17. The van der Waals surface area contributed by atoms with Gasteiger partial charge >= 0.3 is 5.97 Å². The van der Waals surface area contributed by atoms with Gasteiger partial charge in [0, 0.05) is 0 Å². The molecule has 4 heteroatoms. The van der Waals surface area contributed by atoms with Crippen molar-refractivity contribution in [1.29, 1.82) is 0 Å². The molecule has 3 nitrogen and oxygen atoms in total. The molecule has 0 saturated carbocycles. The first-order valence-corrected chi connectivity index (χ1v) is 9.65. The largest absolute Gasteiger partial charge is 0.489 e. The van der Waals surface area contributed by atoms with Crippen LogP contribution in [-0.2, 0) is 6.61 Å². The number of para-hydroxylation sites is 1. The highest BCUT2D eigenvalue weighted by Gasteiger charge is 2.10. The van der Waals surface area contributed by atoms with Crippen LogP contribution < -0.4 is 9.47 Å². The van der Waals surface area contributed by atoms with Crippen molar-refractivity contribution >= 4 is 32.7 Å². The number of hydrogen-bond donors (Lipinski definition) is 0. The van der Waals surface area contributed by atoms with Crippen molar-refractivity contribution < 1.29 is 14.3 Å². The second kappa shape index (κ2) is 8.28. The maximum Gasteiger partial charge on any atom is 0.343 e. The topological polar surface area (TPSA) is 35.5 Å². The zero-order chi connectivity index (χ0) is 19.3. The first kappa shape index (κ1) is 18.3. The van der Waals surface area contributed by atoms with Crippen molar-refractivity contribution in [3.63, 3.8) is 0 Å². The molecule has 0 aliphatic rings. The van der Waals surface area contributed by atoms with Crippen LogP contribution >= 0.6 is 15.9 Å². The van der Waals surface area contributed by atoms with Gasteiger partial charge in [-0.3, -0.25) is 0 Å². The smallest absolute Gasteiger partial charge is 0.343 e. The number of ether oxygens (including phenoxy) is 2. The number of carbonyl (C=O) groups is 1. The molecule has 0 N–H and O–H groups in total. The van der Waals surface area contributed by atoms with Crippen LogP contribution in [0.5, 0.6) is 11.5 Å². The summed E-state index contributed by atoms with van der Waals surface area (Å²) in [6.45, 7) is 0.428. The Bertz CT molecular complexity index is 1120. The molecular weight excluding hydrogens is 416 g/mol. The number of rotatable bonds is 5. The van der Waals surface area contributed by atoms with E-state index in [9.17, 15) is 4.79 Å². The number of halogens is 1. The fourth-order valence-corrected chi connectivity index (χ4v) is 3.21. The molecule has 0 aromatic heterocycles. The number of hydrogen-bond acceptors (Lipinski definition) is 3. The van der Waals surface area contributed by atoms with E-state index in [4.69, 9.17) is 9.47 Å². The van der Waals surface area contributed by atoms with E-state index in [1.165, 1.54) is 5.39 Å². The van der Waals surface area contributed by atoms with Gasteiger partial charge < -0.3 is 9.47 Å². The Morgan fingerprint density at radius 3 is 2.29 bits per heavy atom. The van der Waals surface area contributed by atoms with Gasteiger partial charge in [0.05, 0.1) is 10.0 Å². The molecule has 0 aliphatic heterocycles. The van der Waals surface area contributed by atoms with E-state index in [0.29, 0.717) is 17.9 Å². The highest BCUT2D eigenvalue weighted by molar-refractivity contribution is 9.10. The summed E-state index contributed by atoms with van der Waals surface area (Å²) in [5, 5.41) is 2.33. The van der Waals surface area contributed by atoms with Crippen LogP contribution in [0.1, 0.15) is 15.9 Å². The van der Waals surface area contributed by atoms with Gasteiger partial charge in [-0.1, -0.05) is 54.6 Å². The average Bonchev–Trinajstić information content (AvgIpc) is 2.74. The zero-order valence-electron chi connectivity index (χ0n) is 15.0. The molecular formula is C24H17BrO3. The zero-order valence-corrected chi connectivity index (χ0v) is 16.6. The van der Waals surface area contributed by atoms with E-state index < -0.39 is 5.97 Å². The summed E-state index contributed by atoms with van der Waals surface area (Å²) >= 11 is 3.37. The molecule has 0 unspecified atom stereocenters. The van der Waals surface area contributed by atoms with E-state index >= 15 is 0 Å². The predicted octanol–water partition coefficient (Wildman–Crippen LogP) is 6.40. The highest BCUT2D eigenvalue weighted by atomic mass is 79.9. The monoisotopic (exact) mass is 432 g/mol. The molecule has 0 fully saturated rings. The molecule has 28 heavy (non-hydrogen) atoms. The maximum atomic E-state index is 12.3. The molecule has 0 spiro atoms. The molecule has 0 bridgehead atoms. The van der Waals surface area contributed by atoms with Crippen molar-refractivity contribution in [1.82, 2.24) is 0 Å². The van der Waals surface area contributed by atoms with E-state index in [2.05, 4.69) is 28.1 Å². The second-order valence-electron chi connectivity index (χ2n) is 6.31. The van der Waals surface area contributed by atoms with Crippen molar-refractivity contribution in [2.24, 2.45) is 0 Å². The van der Waals surface area contributed by atoms with Crippen LogP contribution in [0.4, 0.5) is 0 Å². The third kappa shape index (κ3) is 4.24. The van der Waals surface area contributed by atoms with Crippen LogP contribution in [0, 0.1) is 0 Å². The quantitative estimate of drug-likeness (QED) is 0.270. The summed E-state index contributed by atoms with van der Waals surface area (Å²) in [5.74, 6) is 0.918. The summed E-state index contributed by atoms with van der Waals surface area (Å²) in [6, 6.07) is 28.7. The maximum absolute atomic E-state index is 12.3. The Kier molecular flexibility index (Phi) is 5.40. The van der Waals surface area contributed by atoms with Crippen molar-refractivity contribution in [3.8, 4) is 11.5 Å². The van der Waals surface area contributed by atoms with Gasteiger partial charge in [-0.05, 0) is 68.7 Å². The molecule has 0 aliphatic carbocycles. The van der Waals surface area contributed by atoms with Crippen molar-refractivity contribution in [2.75, 3.05) is 0 Å². The molecule has 4 rings (SSSR count). The van der Waals surface area contributed by atoms with Gasteiger partial charge in [0.15, 0.2) is 0 Å². The van der Waals surface area contributed by atoms with E-state index in [0.717, 1.165) is 21.2 Å². The minimum Gasteiger partial charge on any atom is -0.489 e. The lowest BCUT2D eigenvalue weighted by Crippen LogP contribution is -2.09. The van der Waals surface area contributed by atoms with E-state index in [-0.39, 0.29) is 0 Å². The SMILES string of the molecule is O=C(Oc1ccccc1Br)c1ccc(COc2ccc3ccccc3c2)cc1. The van der Waals surface area contributed by atoms with Gasteiger partial charge in [0.1, 0.15) is 18.1 Å². The summed E-state index contributed by atoms with van der Waals surface area (Å²) in [5.41, 5.74) is 1.47. The number of esters is 1. The Balaban J connectivity index is 1.40. The highest BCUT2D eigenvalue weighted by Crippen LogP contribution is 2.25. The molecule has 0 radical (unpaired) electrons. The first-order valence-electron chi connectivity index (χ1n) is 8.86. The number of fused-ring (bicyclic) bond motifs is 1. The summed E-state index contributed by atoms with van der Waals surface area (Å²) < 4.78 is 12.1. The number of carbonyl (C=O) groups excluding carboxylic acids is 1. The Labute approximate surface area is 171 Å². The lowest BCUT2D eigenvalue weighted by atomic mass is 10.1. The minimum absolute atomic E-state index is 0.395. The third-order valence-electron chi connectivity index (χ3n) is 4.36. The fraction of sp³-hybridized carbons (Fsp3) is 0.0417. The lowest BCUT2D eigenvalue weighted by molar-refractivity contribution is 0.0733. The van der Waals surface area contributed by atoms with Crippen LogP contribution in [0.3, 0.4) is 0 Å². The van der Waals surface area contributed by atoms with Crippen LogP contribution in [0.15, 0.2) is 95.5 Å². The van der Waals surface area contributed by atoms with Crippen molar-refractivity contribution in [2.45, 2.75) is 6.61 Å². The van der Waals surface area contributed by atoms with Gasteiger partial charge in [-0.15, -0.1) is 0 Å². The van der Waals surface area contributed by atoms with E-state index in [1.54, 1.807) is 18.2 Å². The molecule has 4 aromatic carbocycles. The number of benzene rings is 4. The summed E-state index contributed by atoms with van der Waals surface area (Å²) in [4.78, 5) is 12.3. The Morgan fingerprint density at radius 2 is 1.50 bits per heavy atom. The van der Waals surface area contributed by atoms with Gasteiger partial charge in [0.2, 0.25) is 0 Å². The Morgan fingerprint density at radius 1 is 0.786 bits per heavy atom. The first-order chi connectivity index (χ1) is 13.7. The third-order valence-corrected chi connectivity index (χ3v) is 5.01. The van der Waals surface area contributed by atoms with Crippen LogP contribution in [-0.4, -0.2) is 5.97 Å². The lowest BCUT2D eigenvalue weighted by Gasteiger charge is -2.09. The predicted molar refractivity (Wildman–Crippen MR) is 114 cm³/mol. The molecule has 0 amide bonds. The molecule has 0 heterocycles. The van der Waals surface area contributed by atoms with Gasteiger partial charge in [-0.2, -0.15) is 0 Å². The normalized spacial score (nSPS) is 10.6. The minimum atomic E-state index is -0.395. The Hall–Kier alpha value is -3.11. The van der Waals surface area contributed by atoms with Crippen molar-refractivity contribution in [3.05, 3.63) is 107 Å². The summed E-state index contributed by atoms with van der Waals surface area (Å²) in [6.07, 6.45) is 0. The molecule has 138 valence electrons. The van der Waals surface area contributed by atoms with Gasteiger partial charge in [0.25, 0.3) is 0 Å².